The molecule has 0 bridgehead atoms. The second-order valence-electron chi connectivity index (χ2n) is 16.9. The molecule has 16 nitrogen and oxygen atoms in total. The van der Waals surface area contributed by atoms with Gasteiger partial charge in [-0.1, -0.05) is 26.0 Å². The number of pyridine rings is 2. The zero-order chi connectivity index (χ0) is 42.3. The fourth-order valence-electron chi connectivity index (χ4n) is 7.95. The Morgan fingerprint density at radius 1 is 1.10 bits per heavy atom. The Labute approximate surface area is 347 Å². The van der Waals surface area contributed by atoms with E-state index in [2.05, 4.69) is 25.3 Å². The number of aromatic nitrogens is 3. The van der Waals surface area contributed by atoms with Crippen molar-refractivity contribution in [1.29, 1.82) is 0 Å². The minimum atomic E-state index is -4.02. The van der Waals surface area contributed by atoms with Gasteiger partial charge < -0.3 is 30.1 Å². The number of carboxylic acid groups (broad SMARTS) is 1. The molecule has 0 unspecified atom stereocenters. The lowest BCUT2D eigenvalue weighted by Gasteiger charge is -2.32. The number of amides is 4. The van der Waals surface area contributed by atoms with E-state index in [-0.39, 0.29) is 31.4 Å². The number of nitrogens with zero attached hydrogens (tertiary/aromatic N) is 4. The van der Waals surface area contributed by atoms with Crippen LogP contribution in [0.15, 0.2) is 54.2 Å². The first-order valence-electron chi connectivity index (χ1n) is 20.0. The lowest BCUT2D eigenvalue weighted by molar-refractivity contribution is -0.142. The summed E-state index contributed by atoms with van der Waals surface area (Å²) >= 11 is 1.39. The van der Waals surface area contributed by atoms with Gasteiger partial charge in [-0.15, -0.1) is 11.3 Å². The van der Waals surface area contributed by atoms with Crippen LogP contribution in [0.25, 0.3) is 22.0 Å². The van der Waals surface area contributed by atoms with Gasteiger partial charge in [0.15, 0.2) is 0 Å². The smallest absolute Gasteiger partial charge is 0.405 e. The Bertz CT molecular complexity index is 2210. The normalized spacial score (nSPS) is 28.0. The molecule has 3 fully saturated rings. The summed E-state index contributed by atoms with van der Waals surface area (Å²) in [6, 6.07) is 4.67. The van der Waals surface area contributed by atoms with Gasteiger partial charge in [-0.05, 0) is 77.2 Å². The molecule has 4 aliphatic rings. The maximum Gasteiger partial charge on any atom is 0.405 e. The third kappa shape index (κ3) is 9.22. The fourth-order valence-corrected chi connectivity index (χ4v) is 9.86. The standard InChI is InChI=1S/C41H51N7O9S2/c1-23(2)56-33-11-10-26(21-43-33)30-17-28(18-31(44-30)36-42-14-15-58-36)57-29-19-32-35(49)46-41(38(51)47-59(54,55)40(5)12-13-40)20-27(41)9-7-6-8-24(3)16-25(4)34(45-39(52)53)37(50)48(32)22-29/h7,9-11,14-15,17-18,21,23-25,27,29,32,34,45H,6,8,12-13,16,19-20,22H2,1-5H3,(H,46,49)(H,47,51)(H,52,53)/t24-,25-,27-,29-,32+,34+,41-/m1/s1. The molecule has 316 valence electrons. The van der Waals surface area contributed by atoms with E-state index in [1.807, 2.05) is 51.3 Å². The van der Waals surface area contributed by atoms with Gasteiger partial charge in [0.25, 0.3) is 5.91 Å². The number of ether oxygens (including phenoxy) is 2. The molecule has 3 aromatic rings. The van der Waals surface area contributed by atoms with Gasteiger partial charge in [0, 0.05) is 53.9 Å². The molecule has 2 aliphatic heterocycles. The summed E-state index contributed by atoms with van der Waals surface area (Å²) in [5, 5.41) is 17.6. The van der Waals surface area contributed by atoms with Crippen LogP contribution >= 0.6 is 11.3 Å². The van der Waals surface area contributed by atoms with Crippen molar-refractivity contribution in [2.75, 3.05) is 6.54 Å². The van der Waals surface area contributed by atoms with Crippen molar-refractivity contribution in [2.45, 2.75) is 114 Å². The van der Waals surface area contributed by atoms with Crippen molar-refractivity contribution >= 4 is 45.2 Å². The molecule has 2 saturated carbocycles. The molecule has 1 saturated heterocycles. The topological polar surface area (TPSA) is 219 Å². The van der Waals surface area contributed by atoms with E-state index < -0.39 is 74.1 Å². The molecule has 7 atom stereocenters. The predicted octanol–water partition coefficient (Wildman–Crippen LogP) is 4.92. The Morgan fingerprint density at radius 3 is 2.53 bits per heavy atom. The molecular formula is C41H51N7O9S2. The van der Waals surface area contributed by atoms with E-state index in [9.17, 15) is 32.7 Å². The van der Waals surface area contributed by atoms with Crippen molar-refractivity contribution in [3.05, 3.63) is 54.2 Å². The van der Waals surface area contributed by atoms with Gasteiger partial charge in [0.05, 0.1) is 23.1 Å². The van der Waals surface area contributed by atoms with Crippen LogP contribution < -0.4 is 24.8 Å². The summed E-state index contributed by atoms with van der Waals surface area (Å²) in [4.78, 5) is 70.2. The van der Waals surface area contributed by atoms with Gasteiger partial charge in [0.1, 0.15) is 40.2 Å². The highest BCUT2D eigenvalue weighted by Gasteiger charge is 2.63. The average molecular weight is 850 g/mol. The minimum absolute atomic E-state index is 0.0102. The highest BCUT2D eigenvalue weighted by Crippen LogP contribution is 2.47. The quantitative estimate of drug-likeness (QED) is 0.200. The summed E-state index contributed by atoms with van der Waals surface area (Å²) in [5.74, 6) is -2.07. The molecule has 0 spiro atoms. The first-order valence-corrected chi connectivity index (χ1v) is 22.4. The number of carbonyl (C=O) groups excluding carboxylic acids is 3. The fraction of sp³-hybridized carbons (Fsp3) is 0.537. The van der Waals surface area contributed by atoms with Gasteiger partial charge in [-0.2, -0.15) is 0 Å². The van der Waals surface area contributed by atoms with Gasteiger partial charge in [-0.3, -0.25) is 19.1 Å². The van der Waals surface area contributed by atoms with Crippen molar-refractivity contribution < 1.29 is 42.2 Å². The summed E-state index contributed by atoms with van der Waals surface area (Å²) in [5.41, 5.74) is 0.172. The number of hydrogen-bond acceptors (Lipinski definition) is 12. The Balaban J connectivity index is 1.22. The molecule has 4 amide bonds. The van der Waals surface area contributed by atoms with Crippen LogP contribution in [0.4, 0.5) is 4.79 Å². The second kappa shape index (κ2) is 16.5. The molecule has 0 aromatic carbocycles. The molecule has 59 heavy (non-hydrogen) atoms. The number of fused-ring (bicyclic) bond motifs is 2. The summed E-state index contributed by atoms with van der Waals surface area (Å²) in [7, 11) is -4.02. The van der Waals surface area contributed by atoms with Crippen LogP contribution in [0.3, 0.4) is 0 Å². The van der Waals surface area contributed by atoms with Crippen molar-refractivity contribution in [3.63, 3.8) is 0 Å². The molecule has 0 radical (unpaired) electrons. The summed E-state index contributed by atoms with van der Waals surface area (Å²) < 4.78 is 39.9. The zero-order valence-electron chi connectivity index (χ0n) is 33.7. The average Bonchev–Trinajstić information content (AvgIpc) is 3.92. The van der Waals surface area contributed by atoms with Crippen molar-refractivity contribution in [2.24, 2.45) is 17.8 Å². The molecule has 2 aliphatic carbocycles. The highest BCUT2D eigenvalue weighted by atomic mass is 32.2. The number of thiazole rings is 1. The molecule has 18 heteroatoms. The summed E-state index contributed by atoms with van der Waals surface area (Å²) in [6.07, 6.45) is 7.78. The van der Waals surface area contributed by atoms with Crippen LogP contribution in [0.5, 0.6) is 11.6 Å². The van der Waals surface area contributed by atoms with E-state index in [1.54, 1.807) is 37.5 Å². The Kier molecular flexibility index (Phi) is 11.8. The number of rotatable bonds is 10. The number of allylic oxidation sites excluding steroid dienone is 1. The zero-order valence-corrected chi connectivity index (χ0v) is 35.3. The third-order valence-corrected chi connectivity index (χ3v) is 14.6. The molecule has 7 rings (SSSR count). The van der Waals surface area contributed by atoms with E-state index in [0.29, 0.717) is 59.3 Å². The van der Waals surface area contributed by atoms with Crippen molar-refractivity contribution in [3.8, 4) is 33.6 Å². The van der Waals surface area contributed by atoms with Crippen LogP contribution in [0.2, 0.25) is 0 Å². The number of sulfonamides is 1. The first kappa shape index (κ1) is 42.0. The Hall–Kier alpha value is -5.10. The van der Waals surface area contributed by atoms with Gasteiger partial charge in [0.2, 0.25) is 27.7 Å². The molecule has 3 aromatic heterocycles. The Morgan fingerprint density at radius 2 is 1.86 bits per heavy atom. The second-order valence-corrected chi connectivity index (χ2v) is 19.9. The van der Waals surface area contributed by atoms with Crippen LogP contribution in [0.1, 0.15) is 79.6 Å². The monoisotopic (exact) mass is 849 g/mol. The first-order chi connectivity index (χ1) is 28.0. The highest BCUT2D eigenvalue weighted by molar-refractivity contribution is 7.91. The summed E-state index contributed by atoms with van der Waals surface area (Å²) in [6.45, 7) is 9.15. The largest absolute Gasteiger partial charge is 0.488 e. The molecular weight excluding hydrogens is 799 g/mol. The van der Waals surface area contributed by atoms with Crippen molar-refractivity contribution in [1.82, 2.24) is 35.2 Å². The maximum atomic E-state index is 14.6. The lowest BCUT2D eigenvalue weighted by atomic mass is 9.88. The minimum Gasteiger partial charge on any atom is -0.488 e. The van der Waals surface area contributed by atoms with E-state index in [1.165, 1.54) is 16.2 Å². The number of nitrogens with one attached hydrogen (secondary N) is 3. The van der Waals surface area contributed by atoms with Crippen LogP contribution in [0, 0.1) is 17.8 Å². The maximum absolute atomic E-state index is 14.6. The number of carbonyl (C=O) groups is 4. The molecule has 4 N–H and O–H groups in total. The van der Waals surface area contributed by atoms with E-state index >= 15 is 0 Å². The SMILES string of the molecule is CC(C)Oc1ccc(-c2cc(O[C@@H]3C[C@H]4C(=O)N[C@]5(C(=O)NS(=O)(=O)C6(C)CC6)C[C@H]5C=CCC[C@@H](C)C[C@@H](C)[C@H](NC(=O)O)C(=O)N4C3)cc(-c3nccs3)n2)cn1. The predicted molar refractivity (Wildman–Crippen MR) is 219 cm³/mol. The van der Waals surface area contributed by atoms with Gasteiger partial charge >= 0.3 is 6.09 Å². The van der Waals surface area contributed by atoms with Crippen LogP contribution in [-0.2, 0) is 24.4 Å². The number of hydrogen-bond donors (Lipinski definition) is 4. The van der Waals surface area contributed by atoms with E-state index in [4.69, 9.17) is 14.5 Å². The van der Waals surface area contributed by atoms with Crippen LogP contribution in [-0.4, -0.2) is 98.3 Å². The van der Waals surface area contributed by atoms with Gasteiger partial charge in [-0.25, -0.2) is 28.2 Å². The molecule has 5 heterocycles. The lowest BCUT2D eigenvalue weighted by Crippen LogP contribution is -2.59. The third-order valence-electron chi connectivity index (χ3n) is 11.7. The van der Waals surface area contributed by atoms with E-state index in [0.717, 1.165) is 6.42 Å².